The lowest BCUT2D eigenvalue weighted by molar-refractivity contribution is -0.163. The van der Waals surface area contributed by atoms with Crippen LogP contribution in [0.3, 0.4) is 0 Å². The second-order valence-corrected chi connectivity index (χ2v) is 5.43. The summed E-state index contributed by atoms with van der Waals surface area (Å²) in [5.74, 6) is -0.263. The van der Waals surface area contributed by atoms with Gasteiger partial charge >= 0.3 is 0 Å². The van der Waals surface area contributed by atoms with Crippen LogP contribution in [0.25, 0.3) is 0 Å². The molecule has 2 heterocycles. The number of ether oxygens (including phenoxy) is 2. The van der Waals surface area contributed by atoms with Gasteiger partial charge in [0, 0.05) is 22.6 Å². The second kappa shape index (κ2) is 3.05. The topological polar surface area (TPSA) is 18.5 Å². The van der Waals surface area contributed by atoms with E-state index in [0.717, 1.165) is 32.5 Å². The highest BCUT2D eigenvalue weighted by Crippen LogP contribution is 2.38. The van der Waals surface area contributed by atoms with Crippen LogP contribution in [0.15, 0.2) is 6.07 Å². The first-order valence-electron chi connectivity index (χ1n) is 5.14. The highest BCUT2D eigenvalue weighted by Gasteiger charge is 2.40. The second-order valence-electron chi connectivity index (χ2n) is 4.09. The standard InChI is InChI=1S/C11H14O2S/c1-8-6-9-7-11(12-4-5-13-11)3-2-10(9)14-8/h6H,2-5,7H2,1H3. The molecule has 0 aromatic carbocycles. The van der Waals surface area contributed by atoms with E-state index in [2.05, 4.69) is 13.0 Å². The molecule has 0 radical (unpaired) electrons. The third kappa shape index (κ3) is 1.31. The van der Waals surface area contributed by atoms with Crippen molar-refractivity contribution in [3.05, 3.63) is 21.4 Å². The summed E-state index contributed by atoms with van der Waals surface area (Å²) in [6.45, 7) is 3.70. The maximum absolute atomic E-state index is 5.73. The molecule has 3 rings (SSSR count). The van der Waals surface area contributed by atoms with Crippen molar-refractivity contribution in [1.29, 1.82) is 0 Å². The van der Waals surface area contributed by atoms with Gasteiger partial charge in [-0.25, -0.2) is 0 Å². The maximum Gasteiger partial charge on any atom is 0.172 e. The molecule has 1 aromatic rings. The summed E-state index contributed by atoms with van der Waals surface area (Å²) in [6.07, 6.45) is 3.10. The van der Waals surface area contributed by atoms with E-state index in [-0.39, 0.29) is 5.79 Å². The minimum absolute atomic E-state index is 0.263. The number of aryl methyl sites for hydroxylation is 2. The van der Waals surface area contributed by atoms with Crippen LogP contribution in [0.4, 0.5) is 0 Å². The van der Waals surface area contributed by atoms with Gasteiger partial charge in [-0.15, -0.1) is 11.3 Å². The number of rotatable bonds is 0. The van der Waals surface area contributed by atoms with Crippen LogP contribution in [0.5, 0.6) is 0 Å². The molecule has 0 amide bonds. The maximum atomic E-state index is 5.73. The number of fused-ring (bicyclic) bond motifs is 1. The van der Waals surface area contributed by atoms with Crippen molar-refractivity contribution in [2.45, 2.75) is 32.0 Å². The SMILES string of the molecule is Cc1cc2c(s1)CCC1(C2)OCCO1. The van der Waals surface area contributed by atoms with Gasteiger partial charge in [-0.1, -0.05) is 0 Å². The lowest BCUT2D eigenvalue weighted by Gasteiger charge is -2.31. The molecule has 1 aliphatic heterocycles. The van der Waals surface area contributed by atoms with Crippen molar-refractivity contribution >= 4 is 11.3 Å². The van der Waals surface area contributed by atoms with E-state index in [0.29, 0.717) is 0 Å². The average Bonchev–Trinajstić information content (AvgIpc) is 2.72. The summed E-state index contributed by atoms with van der Waals surface area (Å²) in [5, 5.41) is 0. The Hall–Kier alpha value is -0.380. The summed E-state index contributed by atoms with van der Waals surface area (Å²) in [4.78, 5) is 2.94. The van der Waals surface area contributed by atoms with Gasteiger partial charge in [-0.05, 0) is 25.0 Å². The van der Waals surface area contributed by atoms with E-state index in [1.165, 1.54) is 15.3 Å². The number of thiophene rings is 1. The average molecular weight is 210 g/mol. The van der Waals surface area contributed by atoms with E-state index < -0.39 is 0 Å². The predicted octanol–water partition coefficient (Wildman–Crippen LogP) is 2.29. The zero-order chi connectivity index (χ0) is 9.60. The van der Waals surface area contributed by atoms with Crippen molar-refractivity contribution in [3.63, 3.8) is 0 Å². The highest BCUT2D eigenvalue weighted by molar-refractivity contribution is 7.12. The van der Waals surface area contributed by atoms with E-state index in [1.54, 1.807) is 0 Å². The van der Waals surface area contributed by atoms with Crippen molar-refractivity contribution in [3.8, 4) is 0 Å². The van der Waals surface area contributed by atoms with E-state index in [1.807, 2.05) is 11.3 Å². The zero-order valence-corrected chi connectivity index (χ0v) is 9.15. The quantitative estimate of drug-likeness (QED) is 0.654. The Morgan fingerprint density at radius 2 is 2.14 bits per heavy atom. The van der Waals surface area contributed by atoms with Crippen LogP contribution in [-0.2, 0) is 22.3 Å². The largest absolute Gasteiger partial charge is 0.347 e. The molecule has 1 aliphatic carbocycles. The smallest absolute Gasteiger partial charge is 0.172 e. The van der Waals surface area contributed by atoms with Crippen molar-refractivity contribution in [2.24, 2.45) is 0 Å². The lowest BCUT2D eigenvalue weighted by Crippen LogP contribution is -2.36. The van der Waals surface area contributed by atoms with Gasteiger partial charge in [0.15, 0.2) is 5.79 Å². The highest BCUT2D eigenvalue weighted by atomic mass is 32.1. The van der Waals surface area contributed by atoms with E-state index in [9.17, 15) is 0 Å². The van der Waals surface area contributed by atoms with Crippen molar-refractivity contribution in [2.75, 3.05) is 13.2 Å². The molecule has 3 heteroatoms. The molecule has 0 atom stereocenters. The molecular formula is C11H14O2S. The summed E-state index contributed by atoms with van der Waals surface area (Å²) in [7, 11) is 0. The van der Waals surface area contributed by atoms with Crippen LogP contribution in [-0.4, -0.2) is 19.0 Å². The Kier molecular flexibility index (Phi) is 1.94. The van der Waals surface area contributed by atoms with E-state index >= 15 is 0 Å². The van der Waals surface area contributed by atoms with Crippen LogP contribution in [0, 0.1) is 6.92 Å². The molecule has 1 spiro atoms. The number of hydrogen-bond donors (Lipinski definition) is 0. The van der Waals surface area contributed by atoms with Gasteiger partial charge in [-0.2, -0.15) is 0 Å². The van der Waals surface area contributed by atoms with Crippen molar-refractivity contribution < 1.29 is 9.47 Å². The first kappa shape index (κ1) is 8.89. The molecule has 2 aliphatic rings. The molecule has 0 bridgehead atoms. The van der Waals surface area contributed by atoms with Gasteiger partial charge in [0.1, 0.15) is 0 Å². The molecule has 0 N–H and O–H groups in total. The summed E-state index contributed by atoms with van der Waals surface area (Å²) < 4.78 is 11.5. The zero-order valence-electron chi connectivity index (χ0n) is 8.34. The van der Waals surface area contributed by atoms with Crippen molar-refractivity contribution in [1.82, 2.24) is 0 Å². The Balaban J connectivity index is 1.92. The first-order chi connectivity index (χ1) is 6.77. The lowest BCUT2D eigenvalue weighted by atomic mass is 9.93. The Labute approximate surface area is 87.8 Å². The molecule has 14 heavy (non-hydrogen) atoms. The molecule has 76 valence electrons. The first-order valence-corrected chi connectivity index (χ1v) is 5.95. The van der Waals surface area contributed by atoms with Crippen LogP contribution in [0.2, 0.25) is 0 Å². The fourth-order valence-electron chi connectivity index (χ4n) is 2.40. The fourth-order valence-corrected chi connectivity index (χ4v) is 3.46. The molecule has 1 aromatic heterocycles. The van der Waals surface area contributed by atoms with Gasteiger partial charge in [0.25, 0.3) is 0 Å². The molecule has 1 fully saturated rings. The minimum atomic E-state index is -0.263. The van der Waals surface area contributed by atoms with Gasteiger partial charge < -0.3 is 9.47 Å². The summed E-state index contributed by atoms with van der Waals surface area (Å²) in [6, 6.07) is 2.28. The number of hydrogen-bond acceptors (Lipinski definition) is 3. The third-order valence-electron chi connectivity index (χ3n) is 3.03. The van der Waals surface area contributed by atoms with Gasteiger partial charge in [-0.3, -0.25) is 0 Å². The molecule has 2 nitrogen and oxygen atoms in total. The molecule has 0 unspecified atom stereocenters. The monoisotopic (exact) mass is 210 g/mol. The fraction of sp³-hybridized carbons (Fsp3) is 0.636. The Morgan fingerprint density at radius 3 is 2.93 bits per heavy atom. The Morgan fingerprint density at radius 1 is 1.36 bits per heavy atom. The molecular weight excluding hydrogens is 196 g/mol. The van der Waals surface area contributed by atoms with Crippen LogP contribution >= 0.6 is 11.3 Å². The van der Waals surface area contributed by atoms with Gasteiger partial charge in [0.05, 0.1) is 13.2 Å². The van der Waals surface area contributed by atoms with E-state index in [4.69, 9.17) is 9.47 Å². The predicted molar refractivity (Wildman–Crippen MR) is 55.7 cm³/mol. The molecule has 1 saturated heterocycles. The Bertz CT molecular complexity index is 350. The van der Waals surface area contributed by atoms with Crippen LogP contribution < -0.4 is 0 Å². The summed E-state index contributed by atoms with van der Waals surface area (Å²) in [5.41, 5.74) is 1.45. The normalized spacial score (nSPS) is 24.1. The van der Waals surface area contributed by atoms with Crippen LogP contribution in [0.1, 0.15) is 21.7 Å². The van der Waals surface area contributed by atoms with Gasteiger partial charge in [0.2, 0.25) is 0 Å². The molecule has 0 saturated carbocycles. The minimum Gasteiger partial charge on any atom is -0.347 e. The summed E-state index contributed by atoms with van der Waals surface area (Å²) >= 11 is 1.92. The third-order valence-corrected chi connectivity index (χ3v) is 4.18.